The lowest BCUT2D eigenvalue weighted by Crippen LogP contribution is -2.26. The van der Waals surface area contributed by atoms with Gasteiger partial charge in [0.2, 0.25) is 0 Å². The van der Waals surface area contributed by atoms with Crippen molar-refractivity contribution in [2.45, 2.75) is 70.6 Å². The van der Waals surface area contributed by atoms with Gasteiger partial charge in [0.15, 0.2) is 0 Å². The highest BCUT2D eigenvalue weighted by Crippen LogP contribution is 2.46. The first kappa shape index (κ1) is 20.8. The van der Waals surface area contributed by atoms with Crippen molar-refractivity contribution in [3.8, 4) is 5.75 Å². The number of ether oxygens (including phenoxy) is 1. The molecule has 1 atom stereocenters. The van der Waals surface area contributed by atoms with E-state index in [1.54, 1.807) is 0 Å². The smallest absolute Gasteiger partial charge is 0.127 e. The molecule has 0 heterocycles. The Bertz CT molecular complexity index is 724. The molecule has 0 radical (unpaired) electrons. The predicted octanol–water partition coefficient (Wildman–Crippen LogP) is 7.03. The van der Waals surface area contributed by atoms with Gasteiger partial charge in [0.05, 0.1) is 8.07 Å². The second kappa shape index (κ2) is 7.23. The summed E-state index contributed by atoms with van der Waals surface area (Å²) < 4.78 is 6.22. The molecule has 1 aliphatic rings. The van der Waals surface area contributed by atoms with Crippen LogP contribution in [0.15, 0.2) is 54.7 Å². The zero-order chi connectivity index (χ0) is 19.8. The molecule has 2 heteroatoms. The van der Waals surface area contributed by atoms with E-state index in [0.29, 0.717) is 12.1 Å². The normalized spacial score (nSPS) is 18.0. The maximum Gasteiger partial charge on any atom is 0.127 e. The Kier molecular flexibility index (Phi) is 5.77. The van der Waals surface area contributed by atoms with Crippen LogP contribution in [0.3, 0.4) is 0 Å². The lowest BCUT2D eigenvalue weighted by molar-refractivity contribution is 0.341. The summed E-state index contributed by atoms with van der Waals surface area (Å²) >= 11 is 0. The van der Waals surface area contributed by atoms with Crippen LogP contribution < -0.4 is 4.74 Å². The van der Waals surface area contributed by atoms with Crippen molar-refractivity contribution in [2.75, 3.05) is 6.61 Å². The maximum absolute atomic E-state index is 6.22. The highest BCUT2D eigenvalue weighted by atomic mass is 28.3. The summed E-state index contributed by atoms with van der Waals surface area (Å²) in [5.41, 5.74) is 4.47. The van der Waals surface area contributed by atoms with Gasteiger partial charge in [-0.1, -0.05) is 103 Å². The van der Waals surface area contributed by atoms with Gasteiger partial charge in [-0.2, -0.15) is 0 Å². The van der Waals surface area contributed by atoms with Gasteiger partial charge >= 0.3 is 0 Å². The molecule has 1 aromatic carbocycles. The fourth-order valence-electron chi connectivity index (χ4n) is 3.54. The van der Waals surface area contributed by atoms with Crippen molar-refractivity contribution < 1.29 is 4.74 Å². The minimum atomic E-state index is -1.23. The van der Waals surface area contributed by atoms with E-state index in [1.807, 2.05) is 6.08 Å². The standard InChI is InChI=1S/C24H36OSi/c1-10-16-25-22-20(23(2,3)4)12-11-13-21(22)24(5,6)18-14-15-19(17-18)26(7,8)9/h10-15,17,19H,1,16H2,2-9H3. The van der Waals surface area contributed by atoms with Crippen molar-refractivity contribution in [2.24, 2.45) is 0 Å². The summed E-state index contributed by atoms with van der Waals surface area (Å²) in [4.78, 5) is 0. The first-order valence-electron chi connectivity index (χ1n) is 9.67. The highest BCUT2D eigenvalue weighted by Gasteiger charge is 2.35. The van der Waals surface area contributed by atoms with Gasteiger partial charge in [-0.05, 0) is 22.1 Å². The molecule has 0 saturated carbocycles. The molecule has 0 saturated heterocycles. The number of hydrogen-bond donors (Lipinski definition) is 0. The molecule has 2 rings (SSSR count). The van der Waals surface area contributed by atoms with E-state index < -0.39 is 8.07 Å². The van der Waals surface area contributed by atoms with Crippen LogP contribution in [0.25, 0.3) is 0 Å². The maximum atomic E-state index is 6.22. The molecular weight excluding hydrogens is 332 g/mol. The largest absolute Gasteiger partial charge is 0.489 e. The van der Waals surface area contributed by atoms with Gasteiger partial charge in [-0.25, -0.2) is 0 Å². The minimum absolute atomic E-state index is 0.0311. The molecule has 0 aliphatic heterocycles. The Balaban J connectivity index is 2.56. The molecule has 1 aromatic rings. The zero-order valence-electron chi connectivity index (χ0n) is 17.9. The molecule has 0 spiro atoms. The molecule has 142 valence electrons. The summed E-state index contributed by atoms with van der Waals surface area (Å²) in [7, 11) is -1.23. The summed E-state index contributed by atoms with van der Waals surface area (Å²) in [6.07, 6.45) is 9.06. The zero-order valence-corrected chi connectivity index (χ0v) is 18.9. The SMILES string of the molecule is C=CCOc1c(C(C)(C)C)cccc1C(C)(C)C1=CC([Si](C)(C)C)C=C1. The Morgan fingerprint density at radius 3 is 2.19 bits per heavy atom. The highest BCUT2D eigenvalue weighted by molar-refractivity contribution is 6.78. The lowest BCUT2D eigenvalue weighted by atomic mass is 9.74. The lowest BCUT2D eigenvalue weighted by Gasteiger charge is -2.32. The molecule has 0 amide bonds. The molecular formula is C24H36OSi. The van der Waals surface area contributed by atoms with Gasteiger partial charge in [0.1, 0.15) is 12.4 Å². The van der Waals surface area contributed by atoms with Crippen LogP contribution in [0.5, 0.6) is 5.75 Å². The Hall–Kier alpha value is -1.54. The van der Waals surface area contributed by atoms with Gasteiger partial charge < -0.3 is 4.74 Å². The van der Waals surface area contributed by atoms with E-state index in [1.165, 1.54) is 16.7 Å². The van der Waals surface area contributed by atoms with E-state index in [-0.39, 0.29) is 10.8 Å². The van der Waals surface area contributed by atoms with Crippen molar-refractivity contribution in [3.05, 3.63) is 65.8 Å². The number of benzene rings is 1. The average molecular weight is 369 g/mol. The first-order chi connectivity index (χ1) is 11.9. The third-order valence-corrected chi connectivity index (χ3v) is 7.76. The van der Waals surface area contributed by atoms with Crippen LogP contribution in [-0.4, -0.2) is 14.7 Å². The molecule has 1 unspecified atom stereocenters. The molecule has 1 aliphatic carbocycles. The summed E-state index contributed by atoms with van der Waals surface area (Å²) in [5, 5.41) is 0. The van der Waals surface area contributed by atoms with Crippen LogP contribution in [0.4, 0.5) is 0 Å². The van der Waals surface area contributed by atoms with E-state index in [9.17, 15) is 0 Å². The quantitative estimate of drug-likeness (QED) is 0.387. The number of allylic oxidation sites excluding steroid dienone is 4. The van der Waals surface area contributed by atoms with E-state index in [0.717, 1.165) is 5.75 Å². The molecule has 0 fully saturated rings. The summed E-state index contributed by atoms with van der Waals surface area (Å²) in [5.74, 6) is 1.02. The Morgan fingerprint density at radius 1 is 1.08 bits per heavy atom. The first-order valence-corrected chi connectivity index (χ1v) is 13.2. The van der Waals surface area contributed by atoms with E-state index in [2.05, 4.69) is 97.3 Å². The number of rotatable bonds is 6. The molecule has 0 aromatic heterocycles. The third kappa shape index (κ3) is 4.23. The number of hydrogen-bond acceptors (Lipinski definition) is 1. The van der Waals surface area contributed by atoms with Crippen LogP contribution in [0, 0.1) is 0 Å². The van der Waals surface area contributed by atoms with Gasteiger partial charge in [0, 0.05) is 11.0 Å². The summed E-state index contributed by atoms with van der Waals surface area (Å²) in [6, 6.07) is 6.60. The Labute approximate surface area is 161 Å². The second-order valence-electron chi connectivity index (χ2n) is 10.0. The van der Waals surface area contributed by atoms with Crippen LogP contribution >= 0.6 is 0 Å². The van der Waals surface area contributed by atoms with Gasteiger partial charge in [-0.15, -0.1) is 0 Å². The van der Waals surface area contributed by atoms with E-state index >= 15 is 0 Å². The molecule has 26 heavy (non-hydrogen) atoms. The van der Waals surface area contributed by atoms with Crippen LogP contribution in [0.1, 0.15) is 45.7 Å². The monoisotopic (exact) mass is 368 g/mol. The Morgan fingerprint density at radius 2 is 1.69 bits per heavy atom. The third-order valence-electron chi connectivity index (χ3n) is 5.41. The average Bonchev–Trinajstić information content (AvgIpc) is 3.02. The van der Waals surface area contributed by atoms with E-state index in [4.69, 9.17) is 4.74 Å². The van der Waals surface area contributed by atoms with Gasteiger partial charge in [-0.3, -0.25) is 0 Å². The predicted molar refractivity (Wildman–Crippen MR) is 118 cm³/mol. The summed E-state index contributed by atoms with van der Waals surface area (Å²) in [6.45, 7) is 23.0. The second-order valence-corrected chi connectivity index (χ2v) is 15.4. The molecule has 1 nitrogen and oxygen atoms in total. The number of para-hydroxylation sites is 1. The topological polar surface area (TPSA) is 9.23 Å². The fraction of sp³-hybridized carbons (Fsp3) is 0.500. The van der Waals surface area contributed by atoms with Gasteiger partial charge in [0.25, 0.3) is 0 Å². The molecule has 0 bridgehead atoms. The van der Waals surface area contributed by atoms with Crippen LogP contribution in [-0.2, 0) is 10.8 Å². The van der Waals surface area contributed by atoms with Crippen LogP contribution in [0.2, 0.25) is 25.2 Å². The van der Waals surface area contributed by atoms with Crippen molar-refractivity contribution in [1.82, 2.24) is 0 Å². The molecule has 0 N–H and O–H groups in total. The minimum Gasteiger partial charge on any atom is -0.489 e. The van der Waals surface area contributed by atoms with Crippen molar-refractivity contribution >= 4 is 8.07 Å². The fourth-order valence-corrected chi connectivity index (χ4v) is 4.89. The van der Waals surface area contributed by atoms with Crippen molar-refractivity contribution in [3.63, 3.8) is 0 Å². The van der Waals surface area contributed by atoms with Crippen molar-refractivity contribution in [1.29, 1.82) is 0 Å².